The minimum absolute atomic E-state index is 0.680. The van der Waals surface area contributed by atoms with Crippen molar-refractivity contribution in [3.8, 4) is 0 Å². The number of benzene rings is 1. The van der Waals surface area contributed by atoms with E-state index in [1.165, 1.54) is 5.39 Å². The molecule has 0 atom stereocenters. The molecule has 2 N–H and O–H groups in total. The van der Waals surface area contributed by atoms with Crippen LogP contribution >= 0.6 is 0 Å². The van der Waals surface area contributed by atoms with Gasteiger partial charge in [-0.15, -0.1) is 10.2 Å². The van der Waals surface area contributed by atoms with Gasteiger partial charge < -0.3 is 5.73 Å². The van der Waals surface area contributed by atoms with Gasteiger partial charge >= 0.3 is 0 Å². The van der Waals surface area contributed by atoms with Crippen molar-refractivity contribution in [1.29, 1.82) is 0 Å². The van der Waals surface area contributed by atoms with Gasteiger partial charge in [0, 0.05) is 6.42 Å². The second-order valence-corrected chi connectivity index (χ2v) is 4.09. The maximum atomic E-state index is 5.54. The Balaban J connectivity index is 2.27. The number of nitrogens with zero attached hydrogens (tertiary/aromatic N) is 3. The number of nitrogens with two attached hydrogens (primary N) is 1. The fourth-order valence-corrected chi connectivity index (χ4v) is 2.12. The number of aryl methyl sites for hydroxylation is 1. The summed E-state index contributed by atoms with van der Waals surface area (Å²) in [6.45, 7) is 0.680. The van der Waals surface area contributed by atoms with Crippen LogP contribution in [0.3, 0.4) is 0 Å². The SMILES string of the molecule is NCCCc1nnc2ccc3ccccc3n12. The zero-order valence-electron chi connectivity index (χ0n) is 9.50. The number of aromatic nitrogens is 3. The molecule has 0 radical (unpaired) electrons. The molecule has 0 unspecified atom stereocenters. The topological polar surface area (TPSA) is 56.2 Å². The third-order valence-electron chi connectivity index (χ3n) is 2.95. The lowest BCUT2D eigenvalue weighted by molar-refractivity contribution is 0.775. The molecule has 0 saturated carbocycles. The predicted molar refractivity (Wildman–Crippen MR) is 67.9 cm³/mol. The first kappa shape index (κ1) is 10.2. The van der Waals surface area contributed by atoms with Crippen molar-refractivity contribution in [1.82, 2.24) is 14.6 Å². The highest BCUT2D eigenvalue weighted by molar-refractivity contribution is 5.81. The minimum Gasteiger partial charge on any atom is -0.330 e. The molecule has 4 heteroatoms. The molecule has 3 rings (SSSR count). The molecule has 0 aliphatic heterocycles. The lowest BCUT2D eigenvalue weighted by Crippen LogP contribution is -2.03. The largest absolute Gasteiger partial charge is 0.330 e. The van der Waals surface area contributed by atoms with E-state index in [9.17, 15) is 0 Å². The summed E-state index contributed by atoms with van der Waals surface area (Å²) < 4.78 is 2.12. The van der Waals surface area contributed by atoms with Gasteiger partial charge in [-0.25, -0.2) is 0 Å². The maximum absolute atomic E-state index is 5.54. The van der Waals surface area contributed by atoms with Crippen LogP contribution in [0.5, 0.6) is 0 Å². The van der Waals surface area contributed by atoms with Crippen molar-refractivity contribution < 1.29 is 0 Å². The van der Waals surface area contributed by atoms with E-state index in [0.29, 0.717) is 6.54 Å². The van der Waals surface area contributed by atoms with Crippen LogP contribution in [0, 0.1) is 0 Å². The molecular formula is C13H14N4. The fraction of sp³-hybridized carbons (Fsp3) is 0.231. The highest BCUT2D eigenvalue weighted by Crippen LogP contribution is 2.17. The van der Waals surface area contributed by atoms with E-state index in [4.69, 9.17) is 5.73 Å². The van der Waals surface area contributed by atoms with E-state index in [2.05, 4.69) is 32.8 Å². The van der Waals surface area contributed by atoms with Gasteiger partial charge in [0.2, 0.25) is 0 Å². The number of hydrogen-bond acceptors (Lipinski definition) is 3. The molecule has 0 amide bonds. The van der Waals surface area contributed by atoms with Crippen LogP contribution in [-0.4, -0.2) is 21.1 Å². The summed E-state index contributed by atoms with van der Waals surface area (Å²) in [5, 5.41) is 9.64. The average Bonchev–Trinajstić information content (AvgIpc) is 2.80. The molecule has 17 heavy (non-hydrogen) atoms. The zero-order valence-corrected chi connectivity index (χ0v) is 9.50. The molecule has 1 aromatic carbocycles. The Hall–Kier alpha value is -1.94. The fourth-order valence-electron chi connectivity index (χ4n) is 2.12. The average molecular weight is 226 g/mol. The normalized spacial score (nSPS) is 11.4. The quantitative estimate of drug-likeness (QED) is 0.740. The van der Waals surface area contributed by atoms with Gasteiger partial charge in [0.25, 0.3) is 0 Å². The second-order valence-electron chi connectivity index (χ2n) is 4.09. The van der Waals surface area contributed by atoms with E-state index < -0.39 is 0 Å². The summed E-state index contributed by atoms with van der Waals surface area (Å²) >= 11 is 0. The van der Waals surface area contributed by atoms with E-state index >= 15 is 0 Å². The van der Waals surface area contributed by atoms with Gasteiger partial charge in [0.15, 0.2) is 5.65 Å². The van der Waals surface area contributed by atoms with E-state index in [-0.39, 0.29) is 0 Å². The van der Waals surface area contributed by atoms with Crippen molar-refractivity contribution in [2.45, 2.75) is 12.8 Å². The Morgan fingerprint density at radius 2 is 1.94 bits per heavy atom. The van der Waals surface area contributed by atoms with Gasteiger partial charge in [-0.05, 0) is 36.6 Å². The number of rotatable bonds is 3. The smallest absolute Gasteiger partial charge is 0.161 e. The first-order valence-corrected chi connectivity index (χ1v) is 5.82. The standard InChI is InChI=1S/C13H14N4/c14-9-3-6-12-15-16-13-8-7-10-4-1-2-5-11(10)17(12)13/h1-2,4-5,7-8H,3,6,9,14H2. The Bertz CT molecular complexity index is 657. The summed E-state index contributed by atoms with van der Waals surface area (Å²) in [4.78, 5) is 0. The summed E-state index contributed by atoms with van der Waals surface area (Å²) in [5.74, 6) is 0.988. The molecule has 0 bridgehead atoms. The minimum atomic E-state index is 0.680. The van der Waals surface area contributed by atoms with Crippen molar-refractivity contribution in [3.05, 3.63) is 42.2 Å². The van der Waals surface area contributed by atoms with Crippen molar-refractivity contribution >= 4 is 16.6 Å². The summed E-state index contributed by atoms with van der Waals surface area (Å²) in [6.07, 6.45) is 1.80. The lowest BCUT2D eigenvalue weighted by Gasteiger charge is -2.03. The van der Waals surface area contributed by atoms with Crippen molar-refractivity contribution in [2.75, 3.05) is 6.54 Å². The molecule has 4 nitrogen and oxygen atoms in total. The number of fused-ring (bicyclic) bond motifs is 3. The molecule has 2 aromatic heterocycles. The van der Waals surface area contributed by atoms with Crippen molar-refractivity contribution in [3.63, 3.8) is 0 Å². The molecule has 86 valence electrons. The molecule has 0 fully saturated rings. The van der Waals surface area contributed by atoms with Gasteiger partial charge in [-0.2, -0.15) is 0 Å². The van der Waals surface area contributed by atoms with Crippen LogP contribution in [0.4, 0.5) is 0 Å². The van der Waals surface area contributed by atoms with E-state index in [1.807, 2.05) is 18.2 Å². The van der Waals surface area contributed by atoms with Gasteiger partial charge in [0.1, 0.15) is 5.82 Å². The molecule has 2 heterocycles. The highest BCUT2D eigenvalue weighted by Gasteiger charge is 2.07. The second kappa shape index (κ2) is 4.14. The Morgan fingerprint density at radius 1 is 1.06 bits per heavy atom. The van der Waals surface area contributed by atoms with Crippen LogP contribution in [0.25, 0.3) is 16.6 Å². The monoisotopic (exact) mass is 226 g/mol. The van der Waals surface area contributed by atoms with Crippen LogP contribution in [0.1, 0.15) is 12.2 Å². The van der Waals surface area contributed by atoms with Gasteiger partial charge in [-0.1, -0.05) is 18.2 Å². The zero-order chi connectivity index (χ0) is 11.7. The molecular weight excluding hydrogens is 212 g/mol. The summed E-state index contributed by atoms with van der Waals surface area (Å²) in [5.41, 5.74) is 7.60. The third-order valence-corrected chi connectivity index (χ3v) is 2.95. The molecule has 0 aliphatic rings. The summed E-state index contributed by atoms with van der Waals surface area (Å²) in [7, 11) is 0. The Kier molecular flexibility index (Phi) is 2.49. The molecule has 0 spiro atoms. The predicted octanol–water partition coefficient (Wildman–Crippen LogP) is 1.77. The van der Waals surface area contributed by atoms with Crippen LogP contribution in [-0.2, 0) is 6.42 Å². The van der Waals surface area contributed by atoms with Crippen molar-refractivity contribution in [2.24, 2.45) is 5.73 Å². The van der Waals surface area contributed by atoms with Gasteiger partial charge in [-0.3, -0.25) is 4.40 Å². The third kappa shape index (κ3) is 1.66. The summed E-state index contributed by atoms with van der Waals surface area (Å²) in [6, 6.07) is 12.3. The molecule has 0 saturated heterocycles. The Morgan fingerprint density at radius 3 is 2.82 bits per heavy atom. The lowest BCUT2D eigenvalue weighted by atomic mass is 10.2. The highest BCUT2D eigenvalue weighted by atomic mass is 15.2. The maximum Gasteiger partial charge on any atom is 0.161 e. The number of hydrogen-bond donors (Lipinski definition) is 1. The molecule has 3 aromatic rings. The Labute approximate surface area is 99.1 Å². The van der Waals surface area contributed by atoms with E-state index in [0.717, 1.165) is 29.8 Å². The number of pyridine rings is 1. The van der Waals surface area contributed by atoms with Crippen LogP contribution < -0.4 is 5.73 Å². The van der Waals surface area contributed by atoms with Gasteiger partial charge in [0.05, 0.1) is 5.52 Å². The number of para-hydroxylation sites is 1. The van der Waals surface area contributed by atoms with E-state index in [1.54, 1.807) is 0 Å². The first-order valence-electron chi connectivity index (χ1n) is 5.82. The van der Waals surface area contributed by atoms with Crippen LogP contribution in [0.2, 0.25) is 0 Å². The first-order chi connectivity index (χ1) is 8.40. The van der Waals surface area contributed by atoms with Crippen LogP contribution in [0.15, 0.2) is 36.4 Å². The molecule has 0 aliphatic carbocycles.